The van der Waals surface area contributed by atoms with Crippen LogP contribution in [-0.2, 0) is 11.2 Å². The molecule has 19 heavy (non-hydrogen) atoms. The van der Waals surface area contributed by atoms with Gasteiger partial charge in [0.25, 0.3) is 0 Å². The highest BCUT2D eigenvalue weighted by molar-refractivity contribution is 7.08. The highest BCUT2D eigenvalue weighted by atomic mass is 32.1. The summed E-state index contributed by atoms with van der Waals surface area (Å²) in [6.45, 7) is 3.20. The summed E-state index contributed by atoms with van der Waals surface area (Å²) in [7, 11) is 1.85. The minimum absolute atomic E-state index is 0.0384. The largest absolute Gasteiger partial charge is 0.441 e. The minimum Gasteiger partial charge on any atom is -0.441 e. The second-order valence-electron chi connectivity index (χ2n) is 4.16. The molecule has 0 aromatic carbocycles. The number of aryl methyl sites for hydroxylation is 1. The van der Waals surface area contributed by atoms with Gasteiger partial charge in [-0.2, -0.15) is 11.3 Å². The third kappa shape index (κ3) is 3.65. The lowest BCUT2D eigenvalue weighted by Gasteiger charge is -2.02. The van der Waals surface area contributed by atoms with Crippen molar-refractivity contribution in [2.45, 2.75) is 13.3 Å². The third-order valence-corrected chi connectivity index (χ3v) is 3.37. The van der Waals surface area contributed by atoms with Crippen LogP contribution in [0.5, 0.6) is 0 Å². The summed E-state index contributed by atoms with van der Waals surface area (Å²) in [5.74, 6) is 1.24. The fourth-order valence-electron chi connectivity index (χ4n) is 1.64. The molecule has 0 aliphatic carbocycles. The monoisotopic (exact) mass is 279 g/mol. The van der Waals surface area contributed by atoms with Gasteiger partial charge in [-0.1, -0.05) is 0 Å². The molecule has 0 bridgehead atoms. The number of nitrogens with one attached hydrogen (secondary N) is 2. The molecule has 5 nitrogen and oxygen atoms in total. The lowest BCUT2D eigenvalue weighted by atomic mass is 10.2. The fourth-order valence-corrected chi connectivity index (χ4v) is 2.27. The Hall–Kier alpha value is -1.66. The Morgan fingerprint density at radius 1 is 1.47 bits per heavy atom. The number of rotatable bonds is 6. The van der Waals surface area contributed by atoms with Crippen molar-refractivity contribution in [3.8, 4) is 11.5 Å². The topological polar surface area (TPSA) is 67.2 Å². The number of oxazole rings is 1. The van der Waals surface area contributed by atoms with Crippen molar-refractivity contribution in [2.75, 3.05) is 20.1 Å². The van der Waals surface area contributed by atoms with E-state index in [4.69, 9.17) is 4.42 Å². The lowest BCUT2D eigenvalue weighted by Crippen LogP contribution is -2.31. The van der Waals surface area contributed by atoms with Gasteiger partial charge < -0.3 is 15.1 Å². The molecular weight excluding hydrogens is 262 g/mol. The summed E-state index contributed by atoms with van der Waals surface area (Å²) in [5, 5.41) is 9.74. The Labute approximate surface area is 116 Å². The number of likely N-dealkylation sites (N-methyl/N-ethyl adjacent to an activating group) is 1. The maximum atomic E-state index is 11.7. The molecule has 0 atom stereocenters. The normalized spacial score (nSPS) is 10.6. The molecule has 2 aromatic rings. The highest BCUT2D eigenvalue weighted by Crippen LogP contribution is 2.23. The van der Waals surface area contributed by atoms with Crippen molar-refractivity contribution in [1.29, 1.82) is 0 Å². The van der Waals surface area contributed by atoms with Gasteiger partial charge in [0.05, 0.1) is 12.1 Å². The van der Waals surface area contributed by atoms with Crippen molar-refractivity contribution >= 4 is 17.2 Å². The van der Waals surface area contributed by atoms with Crippen molar-refractivity contribution in [2.24, 2.45) is 0 Å². The summed E-state index contributed by atoms with van der Waals surface area (Å²) in [6.07, 6.45) is 0.253. The number of nitrogens with zero attached hydrogens (tertiary/aromatic N) is 1. The van der Waals surface area contributed by atoms with E-state index in [9.17, 15) is 4.79 Å². The van der Waals surface area contributed by atoms with Crippen LogP contribution in [0.15, 0.2) is 21.2 Å². The quantitative estimate of drug-likeness (QED) is 0.788. The molecule has 0 radical (unpaired) electrons. The number of carbonyl (C=O) groups excluding carboxylic acids is 1. The van der Waals surface area contributed by atoms with Crippen LogP contribution < -0.4 is 10.6 Å². The molecule has 102 valence electrons. The van der Waals surface area contributed by atoms with E-state index in [-0.39, 0.29) is 12.3 Å². The first-order valence-corrected chi connectivity index (χ1v) is 7.05. The average molecular weight is 279 g/mol. The van der Waals surface area contributed by atoms with Gasteiger partial charge in [0.15, 0.2) is 0 Å². The molecule has 0 aliphatic heterocycles. The second kappa shape index (κ2) is 6.49. The molecule has 0 spiro atoms. The molecule has 0 unspecified atom stereocenters. The molecule has 0 saturated heterocycles. The maximum absolute atomic E-state index is 11.7. The molecular formula is C13H17N3O2S. The first kappa shape index (κ1) is 13.8. The van der Waals surface area contributed by atoms with Crippen LogP contribution in [0.2, 0.25) is 0 Å². The van der Waals surface area contributed by atoms with Crippen LogP contribution in [0, 0.1) is 6.92 Å². The number of amides is 1. The van der Waals surface area contributed by atoms with Crippen molar-refractivity contribution in [3.63, 3.8) is 0 Å². The zero-order chi connectivity index (χ0) is 13.7. The van der Waals surface area contributed by atoms with E-state index in [1.54, 1.807) is 11.3 Å². The van der Waals surface area contributed by atoms with E-state index in [2.05, 4.69) is 15.6 Å². The molecule has 1 amide bonds. The Morgan fingerprint density at radius 3 is 3.00 bits per heavy atom. The van der Waals surface area contributed by atoms with E-state index in [0.29, 0.717) is 23.9 Å². The summed E-state index contributed by atoms with van der Waals surface area (Å²) in [6, 6.07) is 1.95. The Kier molecular flexibility index (Phi) is 4.70. The van der Waals surface area contributed by atoms with Crippen LogP contribution in [0.1, 0.15) is 11.5 Å². The smallest absolute Gasteiger partial charge is 0.227 e. The Balaban J connectivity index is 1.99. The number of hydrogen-bond donors (Lipinski definition) is 2. The van der Waals surface area contributed by atoms with E-state index < -0.39 is 0 Å². The summed E-state index contributed by atoms with van der Waals surface area (Å²) >= 11 is 1.59. The SMILES string of the molecule is CNCCNC(=O)Cc1nc(-c2ccsc2)oc1C. The van der Waals surface area contributed by atoms with E-state index >= 15 is 0 Å². The molecule has 0 fully saturated rings. The van der Waals surface area contributed by atoms with Gasteiger partial charge in [-0.3, -0.25) is 4.79 Å². The first-order valence-electron chi connectivity index (χ1n) is 6.11. The molecule has 2 rings (SSSR count). The lowest BCUT2D eigenvalue weighted by molar-refractivity contribution is -0.120. The van der Waals surface area contributed by atoms with Gasteiger partial charge in [0, 0.05) is 24.0 Å². The van der Waals surface area contributed by atoms with Crippen LogP contribution in [0.4, 0.5) is 0 Å². The van der Waals surface area contributed by atoms with Crippen molar-refractivity contribution < 1.29 is 9.21 Å². The Bertz CT molecular complexity index is 534. The Morgan fingerprint density at radius 2 is 2.32 bits per heavy atom. The molecule has 6 heteroatoms. The fraction of sp³-hybridized carbons (Fsp3) is 0.385. The van der Waals surface area contributed by atoms with E-state index in [1.165, 1.54) is 0 Å². The zero-order valence-electron chi connectivity index (χ0n) is 11.0. The van der Waals surface area contributed by atoms with Crippen LogP contribution in [0.3, 0.4) is 0 Å². The molecule has 2 aromatic heterocycles. The van der Waals surface area contributed by atoms with E-state index in [0.717, 1.165) is 12.1 Å². The zero-order valence-corrected chi connectivity index (χ0v) is 11.8. The molecule has 0 aliphatic rings. The van der Waals surface area contributed by atoms with Gasteiger partial charge in [0.1, 0.15) is 5.76 Å². The summed E-state index contributed by atoms with van der Waals surface area (Å²) < 4.78 is 5.59. The van der Waals surface area contributed by atoms with Crippen LogP contribution in [-0.4, -0.2) is 31.0 Å². The van der Waals surface area contributed by atoms with Crippen molar-refractivity contribution in [1.82, 2.24) is 15.6 Å². The number of carbonyl (C=O) groups is 1. The standard InChI is InChI=1S/C13H17N3O2S/c1-9-11(7-12(17)15-5-4-14-2)16-13(18-9)10-3-6-19-8-10/h3,6,8,14H,4-5,7H2,1-2H3,(H,15,17). The molecule has 2 N–H and O–H groups in total. The van der Waals surface area contributed by atoms with Gasteiger partial charge >= 0.3 is 0 Å². The van der Waals surface area contributed by atoms with Gasteiger partial charge in [-0.15, -0.1) is 0 Å². The maximum Gasteiger partial charge on any atom is 0.227 e. The number of hydrogen-bond acceptors (Lipinski definition) is 5. The molecule has 2 heterocycles. The molecule has 0 saturated carbocycles. The minimum atomic E-state index is -0.0384. The summed E-state index contributed by atoms with van der Waals surface area (Å²) in [4.78, 5) is 16.1. The number of thiophene rings is 1. The van der Waals surface area contributed by atoms with Gasteiger partial charge in [0.2, 0.25) is 11.8 Å². The average Bonchev–Trinajstić information content (AvgIpc) is 3.00. The third-order valence-electron chi connectivity index (χ3n) is 2.69. The number of aromatic nitrogens is 1. The summed E-state index contributed by atoms with van der Waals surface area (Å²) in [5.41, 5.74) is 1.65. The predicted octanol–water partition coefficient (Wildman–Crippen LogP) is 1.59. The van der Waals surface area contributed by atoms with Crippen molar-refractivity contribution in [3.05, 3.63) is 28.3 Å². The highest BCUT2D eigenvalue weighted by Gasteiger charge is 2.14. The van der Waals surface area contributed by atoms with Gasteiger partial charge in [-0.25, -0.2) is 4.98 Å². The second-order valence-corrected chi connectivity index (χ2v) is 4.94. The van der Waals surface area contributed by atoms with Gasteiger partial charge in [-0.05, 0) is 25.4 Å². The first-order chi connectivity index (χ1) is 9.20. The van der Waals surface area contributed by atoms with Crippen LogP contribution >= 0.6 is 11.3 Å². The van der Waals surface area contributed by atoms with E-state index in [1.807, 2.05) is 30.8 Å². The van der Waals surface area contributed by atoms with Crippen LogP contribution in [0.25, 0.3) is 11.5 Å². The predicted molar refractivity (Wildman–Crippen MR) is 75.2 cm³/mol.